The molecule has 90 valence electrons. The number of carbonyl (C=O) groups excluding carboxylic acids is 1. The van der Waals surface area contributed by atoms with Crippen LogP contribution in [0.15, 0.2) is 36.7 Å². The summed E-state index contributed by atoms with van der Waals surface area (Å²) in [7, 11) is 0. The molecule has 0 saturated heterocycles. The average Bonchev–Trinajstić information content (AvgIpc) is 2.33. The van der Waals surface area contributed by atoms with Crippen LogP contribution in [0.5, 0.6) is 0 Å². The third-order valence-electron chi connectivity index (χ3n) is 3.23. The number of allylic oxidation sites excluding steroid dienone is 1. The number of hydrogen-bond acceptors (Lipinski definition) is 2. The molecule has 0 bridgehead atoms. The van der Waals surface area contributed by atoms with Crippen molar-refractivity contribution in [1.29, 1.82) is 0 Å². The Kier molecular flexibility index (Phi) is 3.91. The SMILES string of the molecule is C=C1CCC(CC(=O)Nc2cccnc2)CC1. The van der Waals surface area contributed by atoms with E-state index in [4.69, 9.17) is 0 Å². The molecule has 1 N–H and O–H groups in total. The largest absolute Gasteiger partial charge is 0.325 e. The van der Waals surface area contributed by atoms with E-state index in [1.807, 2.05) is 12.1 Å². The van der Waals surface area contributed by atoms with Crippen molar-refractivity contribution in [3.63, 3.8) is 0 Å². The van der Waals surface area contributed by atoms with Crippen molar-refractivity contribution < 1.29 is 4.79 Å². The highest BCUT2D eigenvalue weighted by Gasteiger charge is 2.18. The molecule has 1 fully saturated rings. The van der Waals surface area contributed by atoms with Gasteiger partial charge in [-0.05, 0) is 43.7 Å². The quantitative estimate of drug-likeness (QED) is 0.810. The molecule has 0 radical (unpaired) electrons. The van der Waals surface area contributed by atoms with Gasteiger partial charge in [-0.1, -0.05) is 12.2 Å². The van der Waals surface area contributed by atoms with Gasteiger partial charge in [0, 0.05) is 12.6 Å². The Morgan fingerprint density at radius 1 is 1.47 bits per heavy atom. The molecule has 1 amide bonds. The Morgan fingerprint density at radius 3 is 2.88 bits per heavy atom. The molecular weight excluding hydrogens is 212 g/mol. The van der Waals surface area contributed by atoms with Crippen LogP contribution in [0.25, 0.3) is 0 Å². The summed E-state index contributed by atoms with van der Waals surface area (Å²) >= 11 is 0. The first-order valence-corrected chi connectivity index (χ1v) is 6.10. The second kappa shape index (κ2) is 5.62. The van der Waals surface area contributed by atoms with Gasteiger partial charge in [0.2, 0.25) is 5.91 Å². The first-order valence-electron chi connectivity index (χ1n) is 6.10. The fraction of sp³-hybridized carbons (Fsp3) is 0.429. The molecule has 1 heterocycles. The van der Waals surface area contributed by atoms with Gasteiger partial charge in [0.05, 0.1) is 11.9 Å². The number of hydrogen-bond donors (Lipinski definition) is 1. The van der Waals surface area contributed by atoms with Crippen molar-refractivity contribution in [2.75, 3.05) is 5.32 Å². The van der Waals surface area contributed by atoms with Gasteiger partial charge in [0.25, 0.3) is 0 Å². The molecule has 1 saturated carbocycles. The molecule has 1 aromatic rings. The second-order valence-electron chi connectivity index (χ2n) is 4.69. The molecule has 3 heteroatoms. The van der Waals surface area contributed by atoms with E-state index >= 15 is 0 Å². The monoisotopic (exact) mass is 230 g/mol. The molecule has 0 unspecified atom stereocenters. The molecule has 1 aromatic heterocycles. The third kappa shape index (κ3) is 3.70. The van der Waals surface area contributed by atoms with Crippen molar-refractivity contribution >= 4 is 11.6 Å². The third-order valence-corrected chi connectivity index (χ3v) is 3.23. The minimum atomic E-state index is 0.0931. The number of amides is 1. The van der Waals surface area contributed by atoms with E-state index in [1.165, 1.54) is 5.57 Å². The van der Waals surface area contributed by atoms with Crippen LogP contribution >= 0.6 is 0 Å². The van der Waals surface area contributed by atoms with Gasteiger partial charge >= 0.3 is 0 Å². The van der Waals surface area contributed by atoms with Gasteiger partial charge in [-0.25, -0.2) is 0 Å². The average molecular weight is 230 g/mol. The zero-order valence-electron chi connectivity index (χ0n) is 9.98. The lowest BCUT2D eigenvalue weighted by atomic mass is 9.84. The van der Waals surface area contributed by atoms with Crippen LogP contribution < -0.4 is 5.32 Å². The molecule has 17 heavy (non-hydrogen) atoms. The number of rotatable bonds is 3. The summed E-state index contributed by atoms with van der Waals surface area (Å²) in [6, 6.07) is 3.67. The fourth-order valence-electron chi connectivity index (χ4n) is 2.20. The van der Waals surface area contributed by atoms with Crippen molar-refractivity contribution in [1.82, 2.24) is 4.98 Å². The Labute approximate surface area is 102 Å². The zero-order valence-corrected chi connectivity index (χ0v) is 9.98. The van der Waals surface area contributed by atoms with E-state index in [9.17, 15) is 4.79 Å². The molecular formula is C14H18N2O. The van der Waals surface area contributed by atoms with Gasteiger partial charge < -0.3 is 5.32 Å². The van der Waals surface area contributed by atoms with Crippen LogP contribution in [-0.2, 0) is 4.79 Å². The predicted molar refractivity (Wildman–Crippen MR) is 68.6 cm³/mol. The summed E-state index contributed by atoms with van der Waals surface area (Å²) in [5.41, 5.74) is 2.10. The molecule has 1 aliphatic carbocycles. The number of anilines is 1. The normalized spacial score (nSPS) is 16.8. The van der Waals surface area contributed by atoms with Gasteiger partial charge in [-0.2, -0.15) is 0 Å². The maximum absolute atomic E-state index is 11.8. The second-order valence-corrected chi connectivity index (χ2v) is 4.69. The number of nitrogens with one attached hydrogen (secondary N) is 1. The minimum Gasteiger partial charge on any atom is -0.325 e. The van der Waals surface area contributed by atoms with Gasteiger partial charge in [0.15, 0.2) is 0 Å². The first-order chi connectivity index (χ1) is 8.24. The molecule has 0 aliphatic heterocycles. The Bertz CT molecular complexity index is 390. The van der Waals surface area contributed by atoms with Crippen molar-refractivity contribution in [3.8, 4) is 0 Å². The molecule has 1 aliphatic rings. The lowest BCUT2D eigenvalue weighted by Gasteiger charge is -2.22. The lowest BCUT2D eigenvalue weighted by Crippen LogP contribution is -2.18. The van der Waals surface area contributed by atoms with Crippen LogP contribution in [0.2, 0.25) is 0 Å². The standard InChI is InChI=1S/C14H18N2O/c1-11-4-6-12(7-5-11)9-14(17)16-13-3-2-8-15-10-13/h2-3,8,10,12H,1,4-7,9H2,(H,16,17). The summed E-state index contributed by atoms with van der Waals surface area (Å²) in [4.78, 5) is 15.8. The highest BCUT2D eigenvalue weighted by molar-refractivity contribution is 5.90. The molecule has 3 nitrogen and oxygen atoms in total. The topological polar surface area (TPSA) is 42.0 Å². The lowest BCUT2D eigenvalue weighted by molar-refractivity contribution is -0.117. The van der Waals surface area contributed by atoms with E-state index < -0.39 is 0 Å². The summed E-state index contributed by atoms with van der Waals surface area (Å²) in [6.07, 6.45) is 8.32. The van der Waals surface area contributed by atoms with Gasteiger partial charge in [-0.3, -0.25) is 9.78 Å². The van der Waals surface area contributed by atoms with Crippen molar-refractivity contribution in [3.05, 3.63) is 36.7 Å². The van der Waals surface area contributed by atoms with E-state index in [2.05, 4.69) is 16.9 Å². The van der Waals surface area contributed by atoms with Crippen LogP contribution in [0.1, 0.15) is 32.1 Å². The highest BCUT2D eigenvalue weighted by atomic mass is 16.1. The van der Waals surface area contributed by atoms with Crippen molar-refractivity contribution in [2.45, 2.75) is 32.1 Å². The summed E-state index contributed by atoms with van der Waals surface area (Å²) in [5, 5.41) is 2.88. The number of carbonyl (C=O) groups is 1. The molecule has 0 atom stereocenters. The highest BCUT2D eigenvalue weighted by Crippen LogP contribution is 2.29. The summed E-state index contributed by atoms with van der Waals surface area (Å²) < 4.78 is 0. The Morgan fingerprint density at radius 2 is 2.24 bits per heavy atom. The van der Waals surface area contributed by atoms with Gasteiger partial charge in [0.1, 0.15) is 0 Å². The van der Waals surface area contributed by atoms with E-state index in [0.29, 0.717) is 12.3 Å². The molecule has 0 spiro atoms. The summed E-state index contributed by atoms with van der Waals surface area (Å²) in [5.74, 6) is 0.604. The number of aromatic nitrogens is 1. The number of nitrogens with zero attached hydrogens (tertiary/aromatic N) is 1. The van der Waals surface area contributed by atoms with Crippen molar-refractivity contribution in [2.24, 2.45) is 5.92 Å². The maximum Gasteiger partial charge on any atom is 0.224 e. The maximum atomic E-state index is 11.8. The first kappa shape index (κ1) is 11.8. The smallest absolute Gasteiger partial charge is 0.224 e. The van der Waals surface area contributed by atoms with Crippen LogP contribution in [0, 0.1) is 5.92 Å². The Hall–Kier alpha value is -1.64. The molecule has 2 rings (SSSR count). The fourth-order valence-corrected chi connectivity index (χ4v) is 2.20. The van der Waals surface area contributed by atoms with E-state index in [0.717, 1.165) is 31.4 Å². The zero-order chi connectivity index (χ0) is 12.1. The van der Waals surface area contributed by atoms with Gasteiger partial charge in [-0.15, -0.1) is 0 Å². The number of pyridine rings is 1. The minimum absolute atomic E-state index is 0.0931. The Balaban J connectivity index is 1.80. The van der Waals surface area contributed by atoms with Crippen LogP contribution in [-0.4, -0.2) is 10.9 Å². The molecule has 0 aromatic carbocycles. The summed E-state index contributed by atoms with van der Waals surface area (Å²) in [6.45, 7) is 3.99. The van der Waals surface area contributed by atoms with Crippen LogP contribution in [0.3, 0.4) is 0 Å². The predicted octanol–water partition coefficient (Wildman–Crippen LogP) is 3.16. The van der Waals surface area contributed by atoms with E-state index in [1.54, 1.807) is 12.4 Å². The van der Waals surface area contributed by atoms with E-state index in [-0.39, 0.29) is 5.91 Å². The van der Waals surface area contributed by atoms with Crippen LogP contribution in [0.4, 0.5) is 5.69 Å².